The summed E-state index contributed by atoms with van der Waals surface area (Å²) in [5, 5.41) is 8.73. The molecule has 1 aliphatic rings. The summed E-state index contributed by atoms with van der Waals surface area (Å²) in [6.45, 7) is 0.784. The van der Waals surface area contributed by atoms with Crippen LogP contribution in [0.2, 0.25) is 0 Å². The lowest BCUT2D eigenvalue weighted by atomic mass is 10.0. The molecule has 3 heteroatoms. The Morgan fingerprint density at radius 2 is 2.38 bits per heavy atom. The van der Waals surface area contributed by atoms with Crippen molar-refractivity contribution in [3.05, 3.63) is 29.3 Å². The fourth-order valence-corrected chi connectivity index (χ4v) is 2.16. The van der Waals surface area contributed by atoms with Crippen LogP contribution in [0.4, 0.5) is 0 Å². The van der Waals surface area contributed by atoms with Crippen LogP contribution in [0, 0.1) is 11.3 Å². The van der Waals surface area contributed by atoms with Crippen molar-refractivity contribution in [1.82, 2.24) is 0 Å². The van der Waals surface area contributed by atoms with Crippen LogP contribution in [-0.4, -0.2) is 6.61 Å². The lowest BCUT2D eigenvalue weighted by Gasteiger charge is -2.21. The molecule has 0 aliphatic carbocycles. The second-order valence-corrected chi connectivity index (χ2v) is 4.47. The van der Waals surface area contributed by atoms with Gasteiger partial charge in [-0.15, -0.1) is 0 Å². The number of hydrogen-bond donors (Lipinski definition) is 0. The zero-order valence-corrected chi connectivity index (χ0v) is 9.11. The van der Waals surface area contributed by atoms with Gasteiger partial charge < -0.3 is 4.74 Å². The SMILES string of the molecule is N#Cc1ccc2c(c1)C(I)CCO2. The van der Waals surface area contributed by atoms with E-state index >= 15 is 0 Å². The largest absolute Gasteiger partial charge is 0.493 e. The van der Waals surface area contributed by atoms with Gasteiger partial charge in [-0.2, -0.15) is 5.26 Å². The Morgan fingerprint density at radius 1 is 1.54 bits per heavy atom. The highest BCUT2D eigenvalue weighted by Gasteiger charge is 2.18. The smallest absolute Gasteiger partial charge is 0.123 e. The molecule has 1 aromatic carbocycles. The summed E-state index contributed by atoms with van der Waals surface area (Å²) in [6.07, 6.45) is 1.03. The third-order valence-electron chi connectivity index (χ3n) is 2.11. The molecule has 13 heavy (non-hydrogen) atoms. The Balaban J connectivity index is 2.48. The molecule has 2 rings (SSSR count). The van der Waals surface area contributed by atoms with Gasteiger partial charge in [0.25, 0.3) is 0 Å². The standard InChI is InChI=1S/C10H8INO/c11-9-3-4-13-10-2-1-7(6-12)5-8(9)10/h1-2,5,9H,3-4H2. The maximum atomic E-state index is 8.73. The minimum absolute atomic E-state index is 0.481. The number of fused-ring (bicyclic) bond motifs is 1. The predicted octanol–water partition coefficient (Wildman–Crippen LogP) is 2.82. The topological polar surface area (TPSA) is 33.0 Å². The molecular formula is C10H8INO. The van der Waals surface area contributed by atoms with Gasteiger partial charge in [-0.1, -0.05) is 22.6 Å². The number of nitrogens with zero attached hydrogens (tertiary/aromatic N) is 1. The van der Waals surface area contributed by atoms with Crippen molar-refractivity contribution in [2.45, 2.75) is 10.3 Å². The van der Waals surface area contributed by atoms with Crippen molar-refractivity contribution in [2.75, 3.05) is 6.61 Å². The van der Waals surface area contributed by atoms with Crippen molar-refractivity contribution >= 4 is 22.6 Å². The van der Waals surface area contributed by atoms with Crippen LogP contribution in [0.1, 0.15) is 21.5 Å². The maximum absolute atomic E-state index is 8.73. The van der Waals surface area contributed by atoms with Gasteiger partial charge in [0.15, 0.2) is 0 Å². The summed E-state index contributed by atoms with van der Waals surface area (Å²) >= 11 is 2.39. The van der Waals surface area contributed by atoms with E-state index in [-0.39, 0.29) is 0 Å². The zero-order chi connectivity index (χ0) is 9.26. The first-order valence-corrected chi connectivity index (χ1v) is 5.37. The molecule has 0 spiro atoms. The van der Waals surface area contributed by atoms with Crippen molar-refractivity contribution in [3.63, 3.8) is 0 Å². The number of ether oxygens (including phenoxy) is 1. The number of rotatable bonds is 0. The van der Waals surface area contributed by atoms with Crippen LogP contribution >= 0.6 is 22.6 Å². The quantitative estimate of drug-likeness (QED) is 0.542. The molecule has 0 fully saturated rings. The van der Waals surface area contributed by atoms with Gasteiger partial charge in [0.1, 0.15) is 5.75 Å². The fraction of sp³-hybridized carbons (Fsp3) is 0.300. The first-order valence-electron chi connectivity index (χ1n) is 4.12. The van der Waals surface area contributed by atoms with Gasteiger partial charge in [-0.3, -0.25) is 0 Å². The van der Waals surface area contributed by atoms with E-state index in [4.69, 9.17) is 10.00 Å². The monoisotopic (exact) mass is 285 g/mol. The van der Waals surface area contributed by atoms with Crippen LogP contribution in [-0.2, 0) is 0 Å². The Kier molecular flexibility index (Phi) is 2.40. The predicted molar refractivity (Wildman–Crippen MR) is 58.0 cm³/mol. The fourth-order valence-electron chi connectivity index (χ4n) is 1.42. The molecule has 2 nitrogen and oxygen atoms in total. The number of hydrogen-bond acceptors (Lipinski definition) is 2. The van der Waals surface area contributed by atoms with E-state index in [1.165, 1.54) is 0 Å². The summed E-state index contributed by atoms with van der Waals surface area (Å²) in [6, 6.07) is 7.75. The minimum atomic E-state index is 0.481. The highest BCUT2D eigenvalue weighted by atomic mass is 127. The van der Waals surface area contributed by atoms with E-state index in [0.29, 0.717) is 9.49 Å². The van der Waals surface area contributed by atoms with Crippen LogP contribution in [0.15, 0.2) is 18.2 Å². The van der Waals surface area contributed by atoms with E-state index in [9.17, 15) is 0 Å². The first-order chi connectivity index (χ1) is 6.31. The molecule has 0 saturated heterocycles. The van der Waals surface area contributed by atoms with E-state index < -0.39 is 0 Å². The Morgan fingerprint density at radius 3 is 3.15 bits per heavy atom. The summed E-state index contributed by atoms with van der Waals surface area (Å²) in [5.41, 5.74) is 1.87. The number of halogens is 1. The normalized spacial score (nSPS) is 19.8. The molecule has 1 unspecified atom stereocenters. The third kappa shape index (κ3) is 1.63. The summed E-state index contributed by atoms with van der Waals surface area (Å²) in [7, 11) is 0. The lowest BCUT2D eigenvalue weighted by Crippen LogP contribution is -2.10. The van der Waals surface area contributed by atoms with Gasteiger partial charge in [0, 0.05) is 9.49 Å². The summed E-state index contributed by atoms with van der Waals surface area (Å²) in [5.74, 6) is 0.935. The number of nitriles is 1. The highest BCUT2D eigenvalue weighted by molar-refractivity contribution is 14.1. The molecule has 1 atom stereocenters. The van der Waals surface area contributed by atoms with Crippen LogP contribution in [0.25, 0.3) is 0 Å². The lowest BCUT2D eigenvalue weighted by molar-refractivity contribution is 0.289. The van der Waals surface area contributed by atoms with Gasteiger partial charge in [0.05, 0.1) is 18.2 Å². The Hall–Kier alpha value is -0.760. The van der Waals surface area contributed by atoms with E-state index in [1.54, 1.807) is 6.07 Å². The number of alkyl halides is 1. The molecule has 1 heterocycles. The average Bonchev–Trinajstić information content (AvgIpc) is 2.18. The maximum Gasteiger partial charge on any atom is 0.123 e. The molecule has 0 bridgehead atoms. The molecule has 0 saturated carbocycles. The van der Waals surface area contributed by atoms with Crippen LogP contribution in [0.3, 0.4) is 0 Å². The van der Waals surface area contributed by atoms with Gasteiger partial charge >= 0.3 is 0 Å². The molecule has 66 valence electrons. The van der Waals surface area contributed by atoms with E-state index in [0.717, 1.165) is 24.3 Å². The van der Waals surface area contributed by atoms with E-state index in [2.05, 4.69) is 28.7 Å². The molecule has 0 amide bonds. The Bertz CT molecular complexity index is 370. The van der Waals surface area contributed by atoms with Gasteiger partial charge in [-0.25, -0.2) is 0 Å². The zero-order valence-electron chi connectivity index (χ0n) is 6.96. The first kappa shape index (κ1) is 8.82. The van der Waals surface area contributed by atoms with Crippen LogP contribution < -0.4 is 4.74 Å². The van der Waals surface area contributed by atoms with E-state index in [1.807, 2.05) is 12.1 Å². The van der Waals surface area contributed by atoms with Crippen LogP contribution in [0.5, 0.6) is 5.75 Å². The molecular weight excluding hydrogens is 277 g/mol. The molecule has 1 aromatic rings. The van der Waals surface area contributed by atoms with Crippen molar-refractivity contribution in [2.24, 2.45) is 0 Å². The molecule has 0 radical (unpaired) electrons. The van der Waals surface area contributed by atoms with Crippen molar-refractivity contribution in [3.8, 4) is 11.8 Å². The van der Waals surface area contributed by atoms with Crippen molar-refractivity contribution in [1.29, 1.82) is 5.26 Å². The Labute approximate surface area is 90.7 Å². The summed E-state index contributed by atoms with van der Waals surface area (Å²) in [4.78, 5) is 0. The average molecular weight is 285 g/mol. The third-order valence-corrected chi connectivity index (χ3v) is 3.40. The second-order valence-electron chi connectivity index (χ2n) is 2.97. The molecule has 0 aromatic heterocycles. The van der Waals surface area contributed by atoms with Gasteiger partial charge in [-0.05, 0) is 24.6 Å². The second kappa shape index (κ2) is 3.54. The van der Waals surface area contributed by atoms with Crippen molar-refractivity contribution < 1.29 is 4.74 Å². The van der Waals surface area contributed by atoms with Gasteiger partial charge in [0.2, 0.25) is 0 Å². The molecule has 0 N–H and O–H groups in total. The summed E-state index contributed by atoms with van der Waals surface area (Å²) < 4.78 is 5.96. The highest BCUT2D eigenvalue weighted by Crippen LogP contribution is 2.38. The molecule has 1 aliphatic heterocycles. The minimum Gasteiger partial charge on any atom is -0.493 e. The number of benzene rings is 1.